The van der Waals surface area contributed by atoms with E-state index in [1.54, 1.807) is 0 Å². The van der Waals surface area contributed by atoms with Gasteiger partial charge in [-0.25, -0.2) is 12.8 Å². The van der Waals surface area contributed by atoms with Crippen LogP contribution in [0.15, 0.2) is 23.1 Å². The first kappa shape index (κ1) is 16.4. The summed E-state index contributed by atoms with van der Waals surface area (Å²) in [7, 11) is -3.52. The lowest BCUT2D eigenvalue weighted by Crippen LogP contribution is -2.33. The summed E-state index contributed by atoms with van der Waals surface area (Å²) in [5, 5.41) is 3.10. The van der Waals surface area contributed by atoms with E-state index in [9.17, 15) is 12.8 Å². The van der Waals surface area contributed by atoms with Gasteiger partial charge in [-0.05, 0) is 44.0 Å². The van der Waals surface area contributed by atoms with Gasteiger partial charge in [0.05, 0.1) is 4.90 Å². The molecule has 1 saturated carbocycles. The topological polar surface area (TPSA) is 49.4 Å². The molecule has 0 spiro atoms. The number of nitrogens with zero attached hydrogens (tertiary/aromatic N) is 1. The maximum absolute atomic E-state index is 13.8. The first-order valence-corrected chi connectivity index (χ1v) is 8.95. The Morgan fingerprint density at radius 1 is 1.33 bits per heavy atom. The van der Waals surface area contributed by atoms with E-state index in [0.717, 1.165) is 25.8 Å². The predicted molar refractivity (Wildman–Crippen MR) is 81.0 cm³/mol. The monoisotopic (exact) mass is 314 g/mol. The highest BCUT2D eigenvalue weighted by molar-refractivity contribution is 7.89. The van der Waals surface area contributed by atoms with Crippen LogP contribution in [0.5, 0.6) is 0 Å². The van der Waals surface area contributed by atoms with Crippen molar-refractivity contribution < 1.29 is 12.8 Å². The second-order valence-corrected chi connectivity index (χ2v) is 7.26. The van der Waals surface area contributed by atoms with Gasteiger partial charge < -0.3 is 5.32 Å². The molecule has 0 bridgehead atoms. The van der Waals surface area contributed by atoms with Crippen molar-refractivity contribution in [3.05, 3.63) is 29.6 Å². The summed E-state index contributed by atoms with van der Waals surface area (Å²) in [5.74, 6) is -0.368. The van der Waals surface area contributed by atoms with Crippen LogP contribution in [0, 0.1) is 5.82 Å². The summed E-state index contributed by atoms with van der Waals surface area (Å²) >= 11 is 0. The zero-order valence-corrected chi connectivity index (χ0v) is 13.4. The van der Waals surface area contributed by atoms with Crippen LogP contribution in [0.3, 0.4) is 0 Å². The Balaban J connectivity index is 2.24. The zero-order valence-electron chi connectivity index (χ0n) is 12.6. The minimum Gasteiger partial charge on any atom is -0.313 e. The fraction of sp³-hybridized carbons (Fsp3) is 0.600. The van der Waals surface area contributed by atoms with Crippen LogP contribution in [-0.2, 0) is 16.6 Å². The van der Waals surface area contributed by atoms with Gasteiger partial charge in [0.2, 0.25) is 10.0 Å². The number of benzene rings is 1. The molecule has 21 heavy (non-hydrogen) atoms. The second-order valence-electron chi connectivity index (χ2n) is 5.37. The number of hydrogen-bond acceptors (Lipinski definition) is 3. The first-order chi connectivity index (χ1) is 10.0. The molecule has 1 aliphatic carbocycles. The van der Waals surface area contributed by atoms with Crippen molar-refractivity contribution in [3.8, 4) is 0 Å². The van der Waals surface area contributed by atoms with Gasteiger partial charge in [0.25, 0.3) is 0 Å². The summed E-state index contributed by atoms with van der Waals surface area (Å²) in [6.07, 6.45) is 2.78. The summed E-state index contributed by atoms with van der Waals surface area (Å²) in [6, 6.07) is 4.18. The molecule has 1 aromatic carbocycles. The Kier molecular flexibility index (Phi) is 5.35. The van der Waals surface area contributed by atoms with Crippen molar-refractivity contribution in [1.29, 1.82) is 0 Å². The van der Waals surface area contributed by atoms with Crippen molar-refractivity contribution in [2.45, 2.75) is 50.6 Å². The third kappa shape index (κ3) is 3.81. The van der Waals surface area contributed by atoms with Gasteiger partial charge in [-0.15, -0.1) is 0 Å². The van der Waals surface area contributed by atoms with Crippen molar-refractivity contribution in [2.75, 3.05) is 13.1 Å². The van der Waals surface area contributed by atoms with Crippen LogP contribution in [0.2, 0.25) is 0 Å². The van der Waals surface area contributed by atoms with Gasteiger partial charge >= 0.3 is 0 Å². The third-order valence-electron chi connectivity index (χ3n) is 3.63. The lowest BCUT2D eigenvalue weighted by molar-refractivity contribution is 0.420. The number of sulfonamides is 1. The quantitative estimate of drug-likeness (QED) is 0.750. The first-order valence-electron chi connectivity index (χ1n) is 7.51. The summed E-state index contributed by atoms with van der Waals surface area (Å²) < 4.78 is 40.6. The fourth-order valence-electron chi connectivity index (χ4n) is 2.37. The van der Waals surface area contributed by atoms with E-state index in [1.807, 2.05) is 13.8 Å². The fourth-order valence-corrected chi connectivity index (χ4v) is 4.11. The van der Waals surface area contributed by atoms with Crippen LogP contribution in [-0.4, -0.2) is 31.9 Å². The number of nitrogens with one attached hydrogen (secondary N) is 1. The average Bonchev–Trinajstić information content (AvgIpc) is 3.26. The Hall–Kier alpha value is -0.980. The molecule has 1 aromatic rings. The molecule has 0 unspecified atom stereocenters. The normalized spacial score (nSPS) is 15.6. The van der Waals surface area contributed by atoms with E-state index in [0.29, 0.717) is 18.7 Å². The van der Waals surface area contributed by atoms with Gasteiger partial charge in [-0.2, -0.15) is 4.31 Å². The van der Waals surface area contributed by atoms with Crippen LogP contribution < -0.4 is 5.32 Å². The smallest absolute Gasteiger partial charge is 0.243 e. The zero-order chi connectivity index (χ0) is 15.5. The van der Waals surface area contributed by atoms with E-state index in [1.165, 1.54) is 22.5 Å². The maximum Gasteiger partial charge on any atom is 0.243 e. The van der Waals surface area contributed by atoms with Gasteiger partial charge in [-0.1, -0.05) is 13.8 Å². The summed E-state index contributed by atoms with van der Waals surface area (Å²) in [4.78, 5) is 0.186. The van der Waals surface area contributed by atoms with E-state index in [2.05, 4.69) is 5.32 Å². The predicted octanol–water partition coefficient (Wildman–Crippen LogP) is 2.50. The second kappa shape index (κ2) is 6.85. The minimum absolute atomic E-state index is 0.117. The van der Waals surface area contributed by atoms with Gasteiger partial charge in [0.15, 0.2) is 0 Å². The molecule has 0 aromatic heterocycles. The highest BCUT2D eigenvalue weighted by Gasteiger charge is 2.37. The number of rotatable bonds is 8. The molecule has 1 aliphatic rings. The van der Waals surface area contributed by atoms with Gasteiger partial charge in [-0.3, -0.25) is 0 Å². The standard InChI is InChI=1S/C15H23FN2O2S/c1-3-9-17-11-12-10-14(7-8-15(12)16)21(19,20)18(4-2)13-5-6-13/h7-8,10,13,17H,3-6,9,11H2,1-2H3. The van der Waals surface area contributed by atoms with Crippen molar-refractivity contribution in [2.24, 2.45) is 0 Å². The lowest BCUT2D eigenvalue weighted by atomic mass is 10.2. The van der Waals surface area contributed by atoms with E-state index in [4.69, 9.17) is 0 Å². The van der Waals surface area contributed by atoms with Crippen molar-refractivity contribution in [3.63, 3.8) is 0 Å². The molecule has 0 atom stereocenters. The van der Waals surface area contributed by atoms with Crippen LogP contribution in [0.25, 0.3) is 0 Å². The van der Waals surface area contributed by atoms with Crippen LogP contribution in [0.1, 0.15) is 38.7 Å². The Labute approximate surface area is 126 Å². The van der Waals surface area contributed by atoms with Crippen LogP contribution >= 0.6 is 0 Å². The molecule has 0 radical (unpaired) electrons. The van der Waals surface area contributed by atoms with Crippen molar-refractivity contribution >= 4 is 10.0 Å². The van der Waals surface area contributed by atoms with E-state index in [-0.39, 0.29) is 16.8 Å². The highest BCUT2D eigenvalue weighted by Crippen LogP contribution is 2.32. The molecular weight excluding hydrogens is 291 g/mol. The molecular formula is C15H23FN2O2S. The molecule has 0 saturated heterocycles. The molecule has 0 amide bonds. The molecule has 1 N–H and O–H groups in total. The third-order valence-corrected chi connectivity index (χ3v) is 5.66. The Morgan fingerprint density at radius 3 is 2.62 bits per heavy atom. The van der Waals surface area contributed by atoms with Gasteiger partial charge in [0, 0.05) is 24.7 Å². The van der Waals surface area contributed by atoms with Gasteiger partial charge in [0.1, 0.15) is 5.82 Å². The molecule has 0 heterocycles. The largest absolute Gasteiger partial charge is 0.313 e. The van der Waals surface area contributed by atoms with Crippen LogP contribution in [0.4, 0.5) is 4.39 Å². The molecule has 118 valence electrons. The Bertz CT molecular complexity index is 585. The molecule has 4 nitrogen and oxygen atoms in total. The molecule has 1 fully saturated rings. The molecule has 0 aliphatic heterocycles. The SMILES string of the molecule is CCCNCc1cc(S(=O)(=O)N(CC)C2CC2)ccc1F. The van der Waals surface area contributed by atoms with E-state index >= 15 is 0 Å². The molecule has 6 heteroatoms. The van der Waals surface area contributed by atoms with Crippen molar-refractivity contribution in [1.82, 2.24) is 9.62 Å². The molecule has 2 rings (SSSR count). The summed E-state index contributed by atoms with van der Waals surface area (Å²) in [6.45, 7) is 5.44. The number of halogens is 1. The maximum atomic E-state index is 13.8. The minimum atomic E-state index is -3.52. The van der Waals surface area contributed by atoms with E-state index < -0.39 is 10.0 Å². The number of hydrogen-bond donors (Lipinski definition) is 1. The Morgan fingerprint density at radius 2 is 2.05 bits per heavy atom. The summed E-state index contributed by atoms with van der Waals surface area (Å²) in [5.41, 5.74) is 0.399. The lowest BCUT2D eigenvalue weighted by Gasteiger charge is -2.20. The average molecular weight is 314 g/mol. The highest BCUT2D eigenvalue weighted by atomic mass is 32.2.